The molecule has 1 aliphatic heterocycles. The number of hydrogen-bond acceptors (Lipinski definition) is 4. The first-order chi connectivity index (χ1) is 10.1. The van der Waals surface area contributed by atoms with Crippen molar-refractivity contribution in [2.75, 3.05) is 12.3 Å². The van der Waals surface area contributed by atoms with Gasteiger partial charge in [0.25, 0.3) is 0 Å². The lowest BCUT2D eigenvalue weighted by atomic mass is 10.1. The molecule has 1 unspecified atom stereocenters. The van der Waals surface area contributed by atoms with E-state index < -0.39 is 9.84 Å². The molecule has 1 N–H and O–H groups in total. The van der Waals surface area contributed by atoms with E-state index in [1.54, 1.807) is 6.20 Å². The summed E-state index contributed by atoms with van der Waals surface area (Å²) in [5.74, 6) is 0.335. The number of fused-ring (bicyclic) bond motifs is 1. The van der Waals surface area contributed by atoms with Gasteiger partial charge in [0, 0.05) is 29.1 Å². The van der Waals surface area contributed by atoms with Crippen LogP contribution in [0.5, 0.6) is 0 Å². The Morgan fingerprint density at radius 1 is 1.33 bits per heavy atom. The van der Waals surface area contributed by atoms with E-state index in [1.807, 2.05) is 24.3 Å². The van der Waals surface area contributed by atoms with Gasteiger partial charge in [-0.3, -0.25) is 4.98 Å². The van der Waals surface area contributed by atoms with E-state index in [4.69, 9.17) is 0 Å². The minimum atomic E-state index is -2.88. The highest BCUT2D eigenvalue weighted by Crippen LogP contribution is 2.25. The van der Waals surface area contributed by atoms with Gasteiger partial charge in [-0.15, -0.1) is 0 Å². The number of halogens is 1. The van der Waals surface area contributed by atoms with Crippen molar-refractivity contribution in [2.45, 2.75) is 24.6 Å². The third-order valence-corrected chi connectivity index (χ3v) is 6.92. The second-order valence-electron chi connectivity index (χ2n) is 5.37. The van der Waals surface area contributed by atoms with Gasteiger partial charge in [0.1, 0.15) is 0 Å². The molecule has 0 bridgehead atoms. The molecule has 1 aliphatic rings. The lowest BCUT2D eigenvalue weighted by Gasteiger charge is -2.12. The van der Waals surface area contributed by atoms with Crippen molar-refractivity contribution in [2.24, 2.45) is 0 Å². The second-order valence-corrected chi connectivity index (χ2v) is 8.62. The summed E-state index contributed by atoms with van der Waals surface area (Å²) >= 11 is 3.53. The molecule has 0 saturated carbocycles. The van der Waals surface area contributed by atoms with Crippen LogP contribution < -0.4 is 5.32 Å². The summed E-state index contributed by atoms with van der Waals surface area (Å²) in [6, 6.07) is 7.97. The molecule has 1 aromatic heterocycles. The van der Waals surface area contributed by atoms with Gasteiger partial charge in [-0.05, 0) is 30.5 Å². The SMILES string of the molecule is O=S1(=O)CCCC1CNCc1ccc(Br)c2cccnc12. The molecule has 0 spiro atoms. The Hall–Kier alpha value is -0.980. The van der Waals surface area contributed by atoms with Gasteiger partial charge in [-0.2, -0.15) is 0 Å². The lowest BCUT2D eigenvalue weighted by Crippen LogP contribution is -2.30. The summed E-state index contributed by atoms with van der Waals surface area (Å²) in [7, 11) is -2.88. The second kappa shape index (κ2) is 6.02. The Balaban J connectivity index is 1.73. The maximum absolute atomic E-state index is 11.8. The molecule has 2 heterocycles. The first-order valence-electron chi connectivity index (χ1n) is 7.02. The van der Waals surface area contributed by atoms with Gasteiger partial charge in [0.15, 0.2) is 9.84 Å². The Morgan fingerprint density at radius 2 is 2.19 bits per heavy atom. The molecule has 3 rings (SSSR count). The monoisotopic (exact) mass is 368 g/mol. The van der Waals surface area contributed by atoms with Crippen molar-refractivity contribution in [3.63, 3.8) is 0 Å². The fourth-order valence-electron chi connectivity index (χ4n) is 2.79. The van der Waals surface area contributed by atoms with Crippen LogP contribution in [0.3, 0.4) is 0 Å². The topological polar surface area (TPSA) is 59.1 Å². The number of benzene rings is 1. The average Bonchev–Trinajstić information content (AvgIpc) is 2.81. The molecule has 112 valence electrons. The van der Waals surface area contributed by atoms with Crippen molar-refractivity contribution in [3.8, 4) is 0 Å². The summed E-state index contributed by atoms with van der Waals surface area (Å²) in [5, 5.41) is 4.12. The zero-order chi connectivity index (χ0) is 14.9. The fourth-order valence-corrected chi connectivity index (χ4v) is 5.05. The Morgan fingerprint density at radius 3 is 2.95 bits per heavy atom. The highest BCUT2D eigenvalue weighted by Gasteiger charge is 2.30. The largest absolute Gasteiger partial charge is 0.311 e. The predicted molar refractivity (Wildman–Crippen MR) is 88.0 cm³/mol. The standard InChI is InChI=1S/C15H17BrN2O2S/c16-14-6-5-11(15-13(14)4-1-7-18-15)9-17-10-12-3-2-8-21(12,19)20/h1,4-7,12,17H,2-3,8-10H2. The quantitative estimate of drug-likeness (QED) is 0.900. The smallest absolute Gasteiger partial charge is 0.154 e. The van der Waals surface area contributed by atoms with Gasteiger partial charge in [-0.1, -0.05) is 28.1 Å². The van der Waals surface area contributed by atoms with Crippen molar-refractivity contribution in [1.29, 1.82) is 0 Å². The molecule has 1 saturated heterocycles. The van der Waals surface area contributed by atoms with Crippen molar-refractivity contribution in [1.82, 2.24) is 10.3 Å². The van der Waals surface area contributed by atoms with Crippen LogP contribution in [0.2, 0.25) is 0 Å². The van der Waals surface area contributed by atoms with Gasteiger partial charge < -0.3 is 5.32 Å². The number of nitrogens with zero attached hydrogens (tertiary/aromatic N) is 1. The zero-order valence-electron chi connectivity index (χ0n) is 11.5. The lowest BCUT2D eigenvalue weighted by molar-refractivity contribution is 0.574. The van der Waals surface area contributed by atoms with Crippen LogP contribution in [-0.4, -0.2) is 30.9 Å². The summed E-state index contributed by atoms with van der Waals surface area (Å²) in [6.45, 7) is 1.15. The minimum absolute atomic E-state index is 0.229. The van der Waals surface area contributed by atoms with Crippen LogP contribution >= 0.6 is 15.9 Å². The van der Waals surface area contributed by atoms with Gasteiger partial charge in [0.05, 0.1) is 16.5 Å². The van der Waals surface area contributed by atoms with Gasteiger partial charge in [-0.25, -0.2) is 8.42 Å². The minimum Gasteiger partial charge on any atom is -0.311 e. The van der Waals surface area contributed by atoms with Crippen molar-refractivity contribution in [3.05, 3.63) is 40.5 Å². The van der Waals surface area contributed by atoms with Crippen LogP contribution in [0.4, 0.5) is 0 Å². The van der Waals surface area contributed by atoms with E-state index in [-0.39, 0.29) is 5.25 Å². The molecule has 4 nitrogen and oxygen atoms in total. The number of nitrogens with one attached hydrogen (secondary N) is 1. The summed E-state index contributed by atoms with van der Waals surface area (Å²) in [6.07, 6.45) is 3.34. The molecular formula is C15H17BrN2O2S. The van der Waals surface area contributed by atoms with E-state index >= 15 is 0 Å². The van der Waals surface area contributed by atoms with Crippen LogP contribution in [0.1, 0.15) is 18.4 Å². The first kappa shape index (κ1) is 14.9. The summed E-state index contributed by atoms with van der Waals surface area (Å²) in [4.78, 5) is 4.43. The van der Waals surface area contributed by atoms with Gasteiger partial charge in [0.2, 0.25) is 0 Å². The Labute approximate surface area is 133 Å². The first-order valence-corrected chi connectivity index (χ1v) is 9.53. The number of aromatic nitrogens is 1. The highest BCUT2D eigenvalue weighted by molar-refractivity contribution is 9.10. The number of rotatable bonds is 4. The van der Waals surface area contributed by atoms with Crippen LogP contribution in [0.15, 0.2) is 34.9 Å². The molecule has 2 aromatic rings. The Kier molecular flexibility index (Phi) is 4.28. The molecule has 0 radical (unpaired) electrons. The van der Waals surface area contributed by atoms with Crippen molar-refractivity contribution < 1.29 is 8.42 Å². The molecule has 21 heavy (non-hydrogen) atoms. The molecule has 1 aromatic carbocycles. The van der Waals surface area contributed by atoms with Crippen LogP contribution in [0.25, 0.3) is 10.9 Å². The normalized spacial score (nSPS) is 20.9. The maximum Gasteiger partial charge on any atom is 0.154 e. The van der Waals surface area contributed by atoms with E-state index in [9.17, 15) is 8.42 Å². The van der Waals surface area contributed by atoms with Crippen LogP contribution in [0, 0.1) is 0 Å². The third-order valence-electron chi connectivity index (χ3n) is 3.95. The molecule has 6 heteroatoms. The molecule has 0 amide bonds. The van der Waals surface area contributed by atoms with Crippen molar-refractivity contribution >= 4 is 36.7 Å². The van der Waals surface area contributed by atoms with Crippen LogP contribution in [-0.2, 0) is 16.4 Å². The molecular weight excluding hydrogens is 352 g/mol. The third kappa shape index (κ3) is 3.12. The fraction of sp³-hybridized carbons (Fsp3) is 0.400. The number of pyridine rings is 1. The predicted octanol–water partition coefficient (Wildman–Crippen LogP) is 2.66. The summed E-state index contributed by atoms with van der Waals surface area (Å²) < 4.78 is 24.6. The Bertz CT molecular complexity index is 761. The average molecular weight is 369 g/mol. The number of hydrogen-bond donors (Lipinski definition) is 1. The van der Waals surface area contributed by atoms with Gasteiger partial charge >= 0.3 is 0 Å². The highest BCUT2D eigenvalue weighted by atomic mass is 79.9. The van der Waals surface area contributed by atoms with E-state index in [0.717, 1.165) is 33.8 Å². The maximum atomic E-state index is 11.8. The van der Waals surface area contributed by atoms with E-state index in [2.05, 4.69) is 26.2 Å². The zero-order valence-corrected chi connectivity index (χ0v) is 14.0. The molecule has 0 aliphatic carbocycles. The van der Waals surface area contributed by atoms with E-state index in [1.165, 1.54) is 0 Å². The number of sulfone groups is 1. The summed E-state index contributed by atoms with van der Waals surface area (Å²) in [5.41, 5.74) is 2.04. The molecule has 1 atom stereocenters. The van der Waals surface area contributed by atoms with E-state index in [0.29, 0.717) is 18.8 Å². The molecule has 1 fully saturated rings.